The van der Waals surface area contributed by atoms with Gasteiger partial charge in [0.2, 0.25) is 0 Å². The van der Waals surface area contributed by atoms with Crippen molar-refractivity contribution in [1.82, 2.24) is 0 Å². The molecule has 0 aliphatic heterocycles. The zero-order chi connectivity index (χ0) is 15.2. The summed E-state index contributed by atoms with van der Waals surface area (Å²) in [5, 5.41) is 2.35. The molecule has 0 atom stereocenters. The van der Waals surface area contributed by atoms with Crippen LogP contribution >= 0.6 is 0 Å². The third kappa shape index (κ3) is 4.04. The summed E-state index contributed by atoms with van der Waals surface area (Å²) in [4.78, 5) is 22.6. The maximum Gasteiger partial charge on any atom is 0.338 e. The maximum absolute atomic E-state index is 13.4. The molecular weight excluding hydrogens is 275 g/mol. The van der Waals surface area contributed by atoms with Crippen LogP contribution in [0.25, 0.3) is 0 Å². The number of amides is 2. The monoisotopic (exact) mass is 288 g/mol. The fourth-order valence-corrected chi connectivity index (χ4v) is 1.71. The highest BCUT2D eigenvalue weighted by Gasteiger charge is 2.10. The quantitative estimate of drug-likeness (QED) is 0.849. The van der Waals surface area contributed by atoms with Gasteiger partial charge >= 0.3 is 12.0 Å². The molecule has 2 rings (SSSR count). The van der Waals surface area contributed by atoms with Crippen LogP contribution in [0.1, 0.15) is 15.9 Å². The minimum Gasteiger partial charge on any atom is -0.457 e. The Morgan fingerprint density at radius 1 is 1.14 bits per heavy atom. The highest BCUT2D eigenvalue weighted by Crippen LogP contribution is 2.13. The van der Waals surface area contributed by atoms with E-state index in [-0.39, 0.29) is 17.7 Å². The van der Waals surface area contributed by atoms with E-state index in [9.17, 15) is 14.0 Å². The molecule has 0 saturated heterocycles. The molecule has 0 aliphatic rings. The summed E-state index contributed by atoms with van der Waals surface area (Å²) in [6.07, 6.45) is 0. The number of benzene rings is 2. The van der Waals surface area contributed by atoms with E-state index >= 15 is 0 Å². The Labute approximate surface area is 120 Å². The van der Waals surface area contributed by atoms with E-state index in [1.807, 2.05) is 0 Å². The normalized spacial score (nSPS) is 9.95. The van der Waals surface area contributed by atoms with Crippen molar-refractivity contribution in [3.63, 3.8) is 0 Å². The first-order valence-electron chi connectivity index (χ1n) is 6.13. The molecule has 0 heterocycles. The topological polar surface area (TPSA) is 81.4 Å². The van der Waals surface area contributed by atoms with Crippen LogP contribution in [0.5, 0.6) is 0 Å². The molecule has 6 heteroatoms. The van der Waals surface area contributed by atoms with Crippen LogP contribution in [-0.4, -0.2) is 12.0 Å². The van der Waals surface area contributed by atoms with Crippen molar-refractivity contribution in [1.29, 1.82) is 0 Å². The molecule has 0 saturated carbocycles. The van der Waals surface area contributed by atoms with Gasteiger partial charge in [-0.15, -0.1) is 0 Å². The molecule has 2 aromatic rings. The van der Waals surface area contributed by atoms with E-state index in [4.69, 9.17) is 10.5 Å². The van der Waals surface area contributed by atoms with Gasteiger partial charge < -0.3 is 15.8 Å². The lowest BCUT2D eigenvalue weighted by Gasteiger charge is -2.07. The van der Waals surface area contributed by atoms with Crippen LogP contribution in [0.3, 0.4) is 0 Å². The lowest BCUT2D eigenvalue weighted by atomic mass is 10.2. The van der Waals surface area contributed by atoms with Crippen LogP contribution in [0.4, 0.5) is 14.9 Å². The highest BCUT2D eigenvalue weighted by molar-refractivity contribution is 5.93. The largest absolute Gasteiger partial charge is 0.457 e. The zero-order valence-corrected chi connectivity index (χ0v) is 11.0. The first kappa shape index (κ1) is 14.5. The summed E-state index contributed by atoms with van der Waals surface area (Å²) in [6.45, 7) is -0.168. The molecule has 0 fully saturated rings. The Bertz CT molecular complexity index is 673. The standard InChI is InChI=1S/C15H13FN2O3/c16-13-7-2-1-4-11(13)9-21-14(19)10-5-3-6-12(8-10)18-15(17)20/h1-8H,9H2,(H3,17,18,20). The van der Waals surface area contributed by atoms with Gasteiger partial charge in [-0.05, 0) is 24.3 Å². The van der Waals surface area contributed by atoms with Crippen LogP contribution in [0.2, 0.25) is 0 Å². The number of carbonyl (C=O) groups is 2. The summed E-state index contributed by atoms with van der Waals surface area (Å²) < 4.78 is 18.4. The predicted octanol–water partition coefficient (Wildman–Crippen LogP) is 2.67. The van der Waals surface area contributed by atoms with Crippen molar-refractivity contribution in [3.8, 4) is 0 Å². The Morgan fingerprint density at radius 2 is 1.90 bits per heavy atom. The van der Waals surface area contributed by atoms with Crippen LogP contribution < -0.4 is 11.1 Å². The number of esters is 1. The lowest BCUT2D eigenvalue weighted by molar-refractivity contribution is 0.0469. The average molecular weight is 288 g/mol. The number of urea groups is 1. The summed E-state index contributed by atoms with van der Waals surface area (Å²) in [6, 6.07) is 11.4. The molecule has 3 N–H and O–H groups in total. The summed E-state index contributed by atoms with van der Waals surface area (Å²) in [5.74, 6) is -1.05. The SMILES string of the molecule is NC(=O)Nc1cccc(C(=O)OCc2ccccc2F)c1. The fourth-order valence-electron chi connectivity index (χ4n) is 1.71. The van der Waals surface area contributed by atoms with Gasteiger partial charge in [0.05, 0.1) is 5.56 Å². The molecule has 108 valence electrons. The number of nitrogens with one attached hydrogen (secondary N) is 1. The van der Waals surface area contributed by atoms with Crippen LogP contribution in [-0.2, 0) is 11.3 Å². The number of anilines is 1. The Hall–Kier alpha value is -2.89. The number of hydrogen-bond donors (Lipinski definition) is 2. The van der Waals surface area contributed by atoms with Crippen molar-refractivity contribution < 1.29 is 18.7 Å². The minimum absolute atomic E-state index is 0.168. The molecule has 0 aliphatic carbocycles. The first-order valence-corrected chi connectivity index (χ1v) is 6.13. The predicted molar refractivity (Wildman–Crippen MR) is 75.2 cm³/mol. The Balaban J connectivity index is 2.03. The first-order chi connectivity index (χ1) is 10.1. The molecule has 0 bridgehead atoms. The van der Waals surface area contributed by atoms with E-state index in [1.54, 1.807) is 24.3 Å². The van der Waals surface area contributed by atoms with Crippen LogP contribution in [0.15, 0.2) is 48.5 Å². The smallest absolute Gasteiger partial charge is 0.338 e. The van der Waals surface area contributed by atoms with Crippen molar-refractivity contribution >= 4 is 17.7 Å². The zero-order valence-electron chi connectivity index (χ0n) is 11.0. The number of nitrogens with two attached hydrogens (primary N) is 1. The van der Waals surface area contributed by atoms with E-state index in [0.717, 1.165) is 0 Å². The van der Waals surface area contributed by atoms with Gasteiger partial charge in [-0.2, -0.15) is 0 Å². The molecule has 5 nitrogen and oxygen atoms in total. The Kier molecular flexibility index (Phi) is 4.50. The summed E-state index contributed by atoms with van der Waals surface area (Å²) in [5.41, 5.74) is 5.89. The molecule has 0 spiro atoms. The maximum atomic E-state index is 13.4. The summed E-state index contributed by atoms with van der Waals surface area (Å²) in [7, 11) is 0. The van der Waals surface area contributed by atoms with Gasteiger partial charge in [-0.3, -0.25) is 0 Å². The third-order valence-electron chi connectivity index (χ3n) is 2.68. The highest BCUT2D eigenvalue weighted by atomic mass is 19.1. The van der Waals surface area contributed by atoms with Crippen molar-refractivity contribution in [2.24, 2.45) is 5.73 Å². The number of carbonyl (C=O) groups excluding carboxylic acids is 2. The number of ether oxygens (including phenoxy) is 1. The number of rotatable bonds is 4. The fraction of sp³-hybridized carbons (Fsp3) is 0.0667. The van der Waals surface area contributed by atoms with E-state index < -0.39 is 17.8 Å². The number of hydrogen-bond acceptors (Lipinski definition) is 3. The number of primary amides is 1. The van der Waals surface area contributed by atoms with Gasteiger partial charge in [0, 0.05) is 11.3 Å². The molecule has 21 heavy (non-hydrogen) atoms. The third-order valence-corrected chi connectivity index (χ3v) is 2.68. The Morgan fingerprint density at radius 3 is 2.62 bits per heavy atom. The van der Waals surface area contributed by atoms with Gasteiger partial charge in [0.1, 0.15) is 12.4 Å². The summed E-state index contributed by atoms with van der Waals surface area (Å²) >= 11 is 0. The second-order valence-corrected chi connectivity index (χ2v) is 4.24. The molecule has 0 radical (unpaired) electrons. The molecular formula is C15H13FN2O3. The molecule has 0 unspecified atom stereocenters. The van der Waals surface area contributed by atoms with Crippen molar-refractivity contribution in [3.05, 3.63) is 65.5 Å². The molecule has 0 aromatic heterocycles. The molecule has 2 amide bonds. The van der Waals surface area contributed by atoms with E-state index in [1.165, 1.54) is 24.3 Å². The minimum atomic E-state index is -0.730. The second kappa shape index (κ2) is 6.51. The number of halogens is 1. The van der Waals surface area contributed by atoms with Gasteiger partial charge in [0.15, 0.2) is 0 Å². The lowest BCUT2D eigenvalue weighted by Crippen LogP contribution is -2.19. The van der Waals surface area contributed by atoms with E-state index in [0.29, 0.717) is 5.69 Å². The van der Waals surface area contributed by atoms with Crippen LogP contribution in [0, 0.1) is 5.82 Å². The van der Waals surface area contributed by atoms with Gasteiger partial charge in [-0.1, -0.05) is 24.3 Å². The molecule has 2 aromatic carbocycles. The second-order valence-electron chi connectivity index (χ2n) is 4.24. The van der Waals surface area contributed by atoms with Crippen molar-refractivity contribution in [2.45, 2.75) is 6.61 Å². The average Bonchev–Trinajstić information content (AvgIpc) is 2.45. The van der Waals surface area contributed by atoms with Gasteiger partial charge in [0.25, 0.3) is 0 Å². The van der Waals surface area contributed by atoms with Gasteiger partial charge in [-0.25, -0.2) is 14.0 Å². The van der Waals surface area contributed by atoms with E-state index in [2.05, 4.69) is 5.32 Å². The van der Waals surface area contributed by atoms with Crippen molar-refractivity contribution in [2.75, 3.05) is 5.32 Å².